The van der Waals surface area contributed by atoms with Crippen molar-refractivity contribution in [2.45, 2.75) is 24.8 Å². The molecule has 0 aliphatic rings. The van der Waals surface area contributed by atoms with E-state index in [1.807, 2.05) is 13.8 Å². The second-order valence-corrected chi connectivity index (χ2v) is 6.82. The largest absolute Gasteiger partial charge is 0.377 e. The number of hydrogen-bond acceptors (Lipinski definition) is 4. The van der Waals surface area contributed by atoms with Crippen molar-refractivity contribution in [1.29, 1.82) is 0 Å². The summed E-state index contributed by atoms with van der Waals surface area (Å²) in [5.74, 6) is 5.58. The van der Waals surface area contributed by atoms with Gasteiger partial charge >= 0.3 is 0 Å². The third kappa shape index (κ3) is 5.48. The monoisotopic (exact) mass is 310 g/mol. The van der Waals surface area contributed by atoms with Gasteiger partial charge < -0.3 is 10.5 Å². The van der Waals surface area contributed by atoms with E-state index in [4.69, 9.17) is 10.5 Å². The first-order valence-corrected chi connectivity index (χ1v) is 8.19. The Balaban J connectivity index is 2.77. The van der Waals surface area contributed by atoms with Crippen LogP contribution >= 0.6 is 0 Å². The molecule has 0 saturated carbocycles. The van der Waals surface area contributed by atoms with Gasteiger partial charge in [-0.1, -0.05) is 11.8 Å². The van der Waals surface area contributed by atoms with E-state index in [-0.39, 0.29) is 17.5 Å². The van der Waals surface area contributed by atoms with Crippen molar-refractivity contribution in [3.63, 3.8) is 0 Å². The Morgan fingerprint density at radius 1 is 1.29 bits per heavy atom. The lowest BCUT2D eigenvalue weighted by molar-refractivity contribution is 0.0737. The van der Waals surface area contributed by atoms with Gasteiger partial charge in [-0.2, -0.15) is 4.31 Å². The van der Waals surface area contributed by atoms with E-state index in [9.17, 15) is 8.42 Å². The highest BCUT2D eigenvalue weighted by atomic mass is 32.2. The first kappa shape index (κ1) is 17.7. The van der Waals surface area contributed by atoms with E-state index in [0.29, 0.717) is 13.2 Å². The van der Waals surface area contributed by atoms with Crippen molar-refractivity contribution >= 4 is 10.0 Å². The Kier molecular flexibility index (Phi) is 6.85. The fourth-order valence-electron chi connectivity index (χ4n) is 1.58. The van der Waals surface area contributed by atoms with Gasteiger partial charge in [0.15, 0.2) is 0 Å². The summed E-state index contributed by atoms with van der Waals surface area (Å²) in [6, 6.07) is 6.45. The predicted octanol–water partition coefficient (Wildman–Crippen LogP) is 1.04. The number of nitrogens with zero attached hydrogens (tertiary/aromatic N) is 1. The average molecular weight is 310 g/mol. The minimum absolute atomic E-state index is 0.0847. The predicted molar refractivity (Wildman–Crippen MR) is 83.3 cm³/mol. The number of rotatable bonds is 6. The van der Waals surface area contributed by atoms with E-state index < -0.39 is 10.0 Å². The maximum atomic E-state index is 12.3. The summed E-state index contributed by atoms with van der Waals surface area (Å²) in [7, 11) is -1.95. The molecule has 1 rings (SSSR count). The van der Waals surface area contributed by atoms with Gasteiger partial charge in [0.25, 0.3) is 0 Å². The standard InChI is InChI=1S/C15H22N2O3S/c1-13(2)20-12-11-17(3)21(18,19)15-8-6-14(7-9-15)5-4-10-16/h6-9,13H,10-12,16H2,1-3H3. The Bertz CT molecular complexity index is 598. The van der Waals surface area contributed by atoms with Crippen LogP contribution in [0.1, 0.15) is 19.4 Å². The zero-order chi connectivity index (χ0) is 15.9. The summed E-state index contributed by atoms with van der Waals surface area (Å²) >= 11 is 0. The molecule has 116 valence electrons. The number of hydrogen-bond donors (Lipinski definition) is 1. The minimum atomic E-state index is -3.49. The molecule has 0 radical (unpaired) electrons. The van der Waals surface area contributed by atoms with Crippen LogP contribution in [0.4, 0.5) is 0 Å². The van der Waals surface area contributed by atoms with Crippen LogP contribution in [0.5, 0.6) is 0 Å². The van der Waals surface area contributed by atoms with Crippen LogP contribution in [-0.2, 0) is 14.8 Å². The molecule has 21 heavy (non-hydrogen) atoms. The molecule has 0 amide bonds. The van der Waals surface area contributed by atoms with Crippen molar-refractivity contribution in [3.8, 4) is 11.8 Å². The molecule has 2 N–H and O–H groups in total. The van der Waals surface area contributed by atoms with Crippen LogP contribution < -0.4 is 5.73 Å². The molecular formula is C15H22N2O3S. The molecule has 0 heterocycles. The van der Waals surface area contributed by atoms with Crippen LogP contribution in [0, 0.1) is 11.8 Å². The van der Waals surface area contributed by atoms with E-state index in [0.717, 1.165) is 5.56 Å². The van der Waals surface area contributed by atoms with Crippen molar-refractivity contribution < 1.29 is 13.2 Å². The van der Waals surface area contributed by atoms with Gasteiger partial charge in [-0.3, -0.25) is 0 Å². The van der Waals surface area contributed by atoms with E-state index in [1.54, 1.807) is 31.3 Å². The van der Waals surface area contributed by atoms with Crippen molar-refractivity contribution in [2.24, 2.45) is 5.73 Å². The third-order valence-electron chi connectivity index (χ3n) is 2.75. The van der Waals surface area contributed by atoms with Gasteiger partial charge in [-0.15, -0.1) is 0 Å². The molecule has 0 fully saturated rings. The van der Waals surface area contributed by atoms with Gasteiger partial charge in [-0.25, -0.2) is 8.42 Å². The maximum Gasteiger partial charge on any atom is 0.242 e. The maximum absolute atomic E-state index is 12.3. The first-order chi connectivity index (χ1) is 9.87. The van der Waals surface area contributed by atoms with E-state index in [1.165, 1.54) is 4.31 Å². The van der Waals surface area contributed by atoms with Gasteiger partial charge in [0.05, 0.1) is 24.2 Å². The third-order valence-corrected chi connectivity index (χ3v) is 4.63. The molecule has 0 bridgehead atoms. The van der Waals surface area contributed by atoms with Gasteiger partial charge in [0.1, 0.15) is 0 Å². The number of likely N-dealkylation sites (N-methyl/N-ethyl adjacent to an activating group) is 1. The lowest BCUT2D eigenvalue weighted by Crippen LogP contribution is -2.30. The highest BCUT2D eigenvalue weighted by Gasteiger charge is 2.20. The van der Waals surface area contributed by atoms with Crippen LogP contribution in [0.15, 0.2) is 29.2 Å². The summed E-state index contributed by atoms with van der Waals surface area (Å²) in [5.41, 5.74) is 6.04. The lowest BCUT2D eigenvalue weighted by atomic mass is 10.2. The van der Waals surface area contributed by atoms with Crippen LogP contribution in [-0.4, -0.2) is 45.6 Å². The number of nitrogens with two attached hydrogens (primary N) is 1. The zero-order valence-corrected chi connectivity index (χ0v) is 13.5. The smallest absolute Gasteiger partial charge is 0.242 e. The average Bonchev–Trinajstić information content (AvgIpc) is 2.45. The lowest BCUT2D eigenvalue weighted by Gasteiger charge is -2.18. The van der Waals surface area contributed by atoms with Gasteiger partial charge in [0, 0.05) is 19.2 Å². The van der Waals surface area contributed by atoms with E-state index >= 15 is 0 Å². The molecular weight excluding hydrogens is 288 g/mol. The molecule has 0 atom stereocenters. The number of sulfonamides is 1. The van der Waals surface area contributed by atoms with Crippen LogP contribution in [0.2, 0.25) is 0 Å². The fraction of sp³-hybridized carbons (Fsp3) is 0.467. The SMILES string of the molecule is CC(C)OCCN(C)S(=O)(=O)c1ccc(C#CCN)cc1. The van der Waals surface area contributed by atoms with Crippen molar-refractivity contribution in [2.75, 3.05) is 26.7 Å². The van der Waals surface area contributed by atoms with Crippen molar-refractivity contribution in [3.05, 3.63) is 29.8 Å². The minimum Gasteiger partial charge on any atom is -0.377 e. The second kappa shape index (κ2) is 8.15. The molecule has 5 nitrogen and oxygen atoms in total. The number of ether oxygens (including phenoxy) is 1. The zero-order valence-electron chi connectivity index (χ0n) is 12.7. The quantitative estimate of drug-likeness (QED) is 0.797. The highest BCUT2D eigenvalue weighted by Crippen LogP contribution is 2.14. The molecule has 6 heteroatoms. The van der Waals surface area contributed by atoms with Crippen LogP contribution in [0.25, 0.3) is 0 Å². The Morgan fingerprint density at radius 2 is 1.90 bits per heavy atom. The molecule has 0 unspecified atom stereocenters. The summed E-state index contributed by atoms with van der Waals surface area (Å²) in [6.07, 6.45) is 0.0847. The Labute approximate surface area is 127 Å². The Morgan fingerprint density at radius 3 is 2.43 bits per heavy atom. The normalized spacial score (nSPS) is 11.5. The van der Waals surface area contributed by atoms with Gasteiger partial charge in [-0.05, 0) is 38.1 Å². The number of benzene rings is 1. The van der Waals surface area contributed by atoms with Crippen LogP contribution in [0.3, 0.4) is 0 Å². The summed E-state index contributed by atoms with van der Waals surface area (Å²) in [4.78, 5) is 0.243. The topological polar surface area (TPSA) is 72.6 Å². The molecule has 1 aromatic rings. The van der Waals surface area contributed by atoms with Gasteiger partial charge in [0.2, 0.25) is 10.0 Å². The molecule has 0 aromatic heterocycles. The van der Waals surface area contributed by atoms with E-state index in [2.05, 4.69) is 11.8 Å². The Hall–Kier alpha value is -1.39. The fourth-order valence-corrected chi connectivity index (χ4v) is 2.74. The summed E-state index contributed by atoms with van der Waals surface area (Å²) < 4.78 is 31.4. The van der Waals surface area contributed by atoms with Crippen molar-refractivity contribution in [1.82, 2.24) is 4.31 Å². The molecule has 0 aliphatic heterocycles. The first-order valence-electron chi connectivity index (χ1n) is 6.75. The molecule has 0 spiro atoms. The molecule has 1 aromatic carbocycles. The molecule has 0 aliphatic carbocycles. The summed E-state index contributed by atoms with van der Waals surface area (Å²) in [6.45, 7) is 4.78. The molecule has 0 saturated heterocycles. The highest BCUT2D eigenvalue weighted by molar-refractivity contribution is 7.89. The summed E-state index contributed by atoms with van der Waals surface area (Å²) in [5, 5.41) is 0. The second-order valence-electron chi connectivity index (χ2n) is 4.78.